The molecule has 0 aromatic heterocycles. The van der Waals surface area contributed by atoms with Gasteiger partial charge in [-0.1, -0.05) is 77.4 Å². The van der Waals surface area contributed by atoms with E-state index in [1.165, 1.54) is 57.8 Å². The predicted octanol–water partition coefficient (Wildman–Crippen LogP) is 7.67. The Morgan fingerprint density at radius 3 is 1.76 bits per heavy atom. The van der Waals surface area contributed by atoms with Crippen LogP contribution in [0.15, 0.2) is 12.2 Å². The summed E-state index contributed by atoms with van der Waals surface area (Å²) in [6.45, 7) is 4.70. The van der Waals surface area contributed by atoms with Gasteiger partial charge in [-0.2, -0.15) is 0 Å². The van der Waals surface area contributed by atoms with Crippen LogP contribution in [-0.2, 0) is 9.09 Å². The van der Waals surface area contributed by atoms with Crippen molar-refractivity contribution in [3.63, 3.8) is 0 Å². The molecule has 2 unspecified atom stereocenters. The molecule has 0 bridgehead atoms. The van der Waals surface area contributed by atoms with Gasteiger partial charge in [-0.3, -0.25) is 4.57 Å². The number of hydrogen-bond donors (Lipinski definition) is 1. The zero-order valence-electron chi connectivity index (χ0n) is 20.2. The summed E-state index contributed by atoms with van der Waals surface area (Å²) < 4.78 is 18.5. The number of rotatable bonds is 20. The lowest BCUT2D eigenvalue weighted by atomic mass is 10.1. The minimum Gasteiger partial charge on any atom is -0.320 e. The van der Waals surface area contributed by atoms with E-state index in [2.05, 4.69) is 19.1 Å². The van der Waals surface area contributed by atoms with Gasteiger partial charge in [0.2, 0.25) is 0 Å². The zero-order valence-corrected chi connectivity index (χ0v) is 21.1. The fourth-order valence-electron chi connectivity index (χ4n) is 3.70. The van der Waals surface area contributed by atoms with Gasteiger partial charge < -0.3 is 13.9 Å². The first-order chi connectivity index (χ1) is 13.8. The highest BCUT2D eigenvalue weighted by Crippen LogP contribution is 2.51. The Hall–Kier alpha value is -0.150. The van der Waals surface area contributed by atoms with Crippen molar-refractivity contribution in [2.75, 3.05) is 27.7 Å². The summed E-state index contributed by atoms with van der Waals surface area (Å²) in [6.07, 6.45) is 22.5. The van der Waals surface area contributed by atoms with Crippen LogP contribution in [0.5, 0.6) is 0 Å². The highest BCUT2D eigenvalue weighted by molar-refractivity contribution is 7.53. The SMILES string of the molecule is CCCCCCCCC/C=C\CCCCCCOP(=O)(O)C(CCC)[N+](C)(C)C. The number of quaternary nitrogens is 1. The van der Waals surface area contributed by atoms with Gasteiger partial charge in [-0.25, -0.2) is 0 Å². The lowest BCUT2D eigenvalue weighted by molar-refractivity contribution is -0.883. The molecule has 0 aromatic rings. The monoisotopic (exact) mass is 432 g/mol. The lowest BCUT2D eigenvalue weighted by Gasteiger charge is -2.35. The summed E-state index contributed by atoms with van der Waals surface area (Å²) in [5.74, 6) is -0.339. The Balaban J connectivity index is 3.66. The molecule has 0 aliphatic heterocycles. The Kier molecular flexibility index (Phi) is 17.4. The van der Waals surface area contributed by atoms with E-state index >= 15 is 0 Å². The first-order valence-corrected chi connectivity index (χ1v) is 13.8. The molecule has 0 rings (SSSR count). The van der Waals surface area contributed by atoms with Crippen molar-refractivity contribution in [2.24, 2.45) is 0 Å². The van der Waals surface area contributed by atoms with Crippen molar-refractivity contribution in [3.8, 4) is 0 Å². The molecule has 0 fully saturated rings. The van der Waals surface area contributed by atoms with Crippen LogP contribution in [-0.4, -0.2) is 42.9 Å². The van der Waals surface area contributed by atoms with Gasteiger partial charge in [-0.05, 0) is 38.5 Å². The predicted molar refractivity (Wildman–Crippen MR) is 127 cm³/mol. The molecule has 0 saturated heterocycles. The molecule has 4 nitrogen and oxygen atoms in total. The fraction of sp³-hybridized carbons (Fsp3) is 0.917. The number of hydrogen-bond acceptors (Lipinski definition) is 2. The molecule has 0 aromatic carbocycles. The van der Waals surface area contributed by atoms with Crippen LogP contribution in [0, 0.1) is 0 Å². The quantitative estimate of drug-likeness (QED) is 0.0929. The van der Waals surface area contributed by atoms with Gasteiger partial charge >= 0.3 is 7.60 Å². The van der Waals surface area contributed by atoms with Crippen LogP contribution >= 0.6 is 7.60 Å². The van der Waals surface area contributed by atoms with Crippen LogP contribution in [0.3, 0.4) is 0 Å². The lowest BCUT2D eigenvalue weighted by Crippen LogP contribution is -2.45. The first-order valence-electron chi connectivity index (χ1n) is 12.2. The molecule has 0 aliphatic rings. The Labute approximate surface area is 182 Å². The average molecular weight is 433 g/mol. The Morgan fingerprint density at radius 2 is 1.28 bits per heavy atom. The summed E-state index contributed by atoms with van der Waals surface area (Å²) in [6, 6.07) is 0. The number of nitrogens with zero attached hydrogens (tertiary/aromatic N) is 1. The molecule has 1 N–H and O–H groups in total. The van der Waals surface area contributed by atoms with Crippen LogP contribution in [0.25, 0.3) is 0 Å². The topological polar surface area (TPSA) is 46.5 Å². The van der Waals surface area contributed by atoms with Crippen LogP contribution < -0.4 is 0 Å². The van der Waals surface area contributed by atoms with Crippen molar-refractivity contribution in [1.82, 2.24) is 0 Å². The van der Waals surface area contributed by atoms with Gasteiger partial charge in [0, 0.05) is 6.42 Å². The average Bonchev–Trinajstić information content (AvgIpc) is 2.64. The molecule has 0 spiro atoms. The van der Waals surface area contributed by atoms with E-state index in [1.54, 1.807) is 0 Å². The molecule has 0 amide bonds. The van der Waals surface area contributed by atoms with E-state index in [9.17, 15) is 9.46 Å². The van der Waals surface area contributed by atoms with Crippen LogP contribution in [0.2, 0.25) is 0 Å². The highest BCUT2D eigenvalue weighted by Gasteiger charge is 2.41. The van der Waals surface area contributed by atoms with Crippen molar-refractivity contribution in [3.05, 3.63) is 12.2 Å². The first kappa shape index (κ1) is 28.9. The second-order valence-corrected chi connectivity index (χ2v) is 11.3. The molecule has 29 heavy (non-hydrogen) atoms. The maximum absolute atomic E-state index is 12.6. The largest absolute Gasteiger partial charge is 0.385 e. The van der Waals surface area contributed by atoms with Gasteiger partial charge in [0.1, 0.15) is 0 Å². The Bertz CT molecular complexity index is 446. The summed E-state index contributed by atoms with van der Waals surface area (Å²) in [5, 5.41) is 0. The summed E-state index contributed by atoms with van der Waals surface area (Å²) in [4.78, 5) is 10.4. The molecular formula is C24H51NO3P+. The van der Waals surface area contributed by atoms with Crippen molar-refractivity contribution in [1.29, 1.82) is 0 Å². The van der Waals surface area contributed by atoms with E-state index in [4.69, 9.17) is 4.52 Å². The van der Waals surface area contributed by atoms with Crippen molar-refractivity contribution in [2.45, 2.75) is 116 Å². The van der Waals surface area contributed by atoms with E-state index in [1.807, 2.05) is 28.1 Å². The molecule has 174 valence electrons. The molecule has 0 aliphatic carbocycles. The van der Waals surface area contributed by atoms with E-state index in [0.29, 0.717) is 17.5 Å². The third-order valence-electron chi connectivity index (χ3n) is 5.50. The maximum atomic E-state index is 12.6. The smallest absolute Gasteiger partial charge is 0.320 e. The molecular weight excluding hydrogens is 381 g/mol. The van der Waals surface area contributed by atoms with E-state index in [0.717, 1.165) is 32.1 Å². The van der Waals surface area contributed by atoms with E-state index < -0.39 is 7.60 Å². The minimum atomic E-state index is -3.57. The Morgan fingerprint density at radius 1 is 0.793 bits per heavy atom. The molecule has 5 heteroatoms. The van der Waals surface area contributed by atoms with Crippen LogP contribution in [0.4, 0.5) is 0 Å². The third kappa shape index (κ3) is 16.2. The molecule has 0 heterocycles. The summed E-state index contributed by atoms with van der Waals surface area (Å²) >= 11 is 0. The summed E-state index contributed by atoms with van der Waals surface area (Å²) in [5.41, 5.74) is 0. The van der Waals surface area contributed by atoms with Crippen LogP contribution in [0.1, 0.15) is 110 Å². The van der Waals surface area contributed by atoms with Gasteiger partial charge in [-0.15, -0.1) is 0 Å². The zero-order chi connectivity index (χ0) is 22.0. The number of unbranched alkanes of at least 4 members (excludes halogenated alkanes) is 11. The van der Waals surface area contributed by atoms with Gasteiger partial charge in [0.15, 0.2) is 5.78 Å². The van der Waals surface area contributed by atoms with Crippen molar-refractivity contribution < 1.29 is 18.5 Å². The van der Waals surface area contributed by atoms with Crippen molar-refractivity contribution >= 4 is 7.60 Å². The second-order valence-electron chi connectivity index (χ2n) is 9.37. The molecule has 2 atom stereocenters. The number of allylic oxidation sites excluding steroid dienone is 2. The molecule has 0 saturated carbocycles. The third-order valence-corrected chi connectivity index (χ3v) is 7.76. The maximum Gasteiger partial charge on any atom is 0.385 e. The van der Waals surface area contributed by atoms with Gasteiger partial charge in [0.05, 0.1) is 27.7 Å². The second kappa shape index (κ2) is 17.5. The normalized spacial score (nSPS) is 15.7. The fourth-order valence-corrected chi connectivity index (χ4v) is 5.72. The summed E-state index contributed by atoms with van der Waals surface area (Å²) in [7, 11) is 2.33. The highest BCUT2D eigenvalue weighted by atomic mass is 31.2. The van der Waals surface area contributed by atoms with Gasteiger partial charge in [0.25, 0.3) is 0 Å². The minimum absolute atomic E-state index is 0.339. The standard InChI is InChI=1S/C24H50NO3P/c1-6-8-9-10-11-12-13-14-15-16-17-18-19-20-21-23-28-29(26,27)24(22-7-2)25(3,4)5/h15-16,24H,6-14,17-23H2,1-5H3/p+1/b16-15-. The molecule has 0 radical (unpaired) electrons. The van der Waals surface area contributed by atoms with E-state index in [-0.39, 0.29) is 5.78 Å².